The van der Waals surface area contributed by atoms with Crippen molar-refractivity contribution in [3.8, 4) is 0 Å². The molecular formula is C22H29O3P. The maximum absolute atomic E-state index is 12.2. The average Bonchev–Trinajstić information content (AvgIpc) is 2.66. The fraction of sp³-hybridized carbons (Fsp3) is 0.455. The van der Waals surface area contributed by atoms with Crippen molar-refractivity contribution in [1.82, 2.24) is 0 Å². The van der Waals surface area contributed by atoms with Crippen molar-refractivity contribution >= 4 is 25.1 Å². The molecule has 2 atom stereocenters. The highest BCUT2D eigenvalue weighted by atomic mass is 31.1. The molecule has 0 N–H and O–H groups in total. The van der Waals surface area contributed by atoms with E-state index in [0.29, 0.717) is 6.61 Å². The minimum atomic E-state index is -2.49. The molecule has 26 heavy (non-hydrogen) atoms. The van der Waals surface area contributed by atoms with Gasteiger partial charge in [0.05, 0.1) is 6.61 Å². The predicted molar refractivity (Wildman–Crippen MR) is 110 cm³/mol. The minimum Gasteiger partial charge on any atom is -0.311 e. The van der Waals surface area contributed by atoms with Crippen LogP contribution in [0.5, 0.6) is 0 Å². The van der Waals surface area contributed by atoms with Crippen molar-refractivity contribution in [3.05, 3.63) is 53.6 Å². The van der Waals surface area contributed by atoms with Gasteiger partial charge in [0.1, 0.15) is 6.10 Å². The topological polar surface area (TPSA) is 35.5 Å². The first-order valence-electron chi connectivity index (χ1n) is 9.83. The molecule has 0 amide bonds. The third kappa shape index (κ3) is 5.07. The van der Waals surface area contributed by atoms with Crippen molar-refractivity contribution in [1.29, 1.82) is 0 Å². The van der Waals surface area contributed by atoms with Gasteiger partial charge >= 0.3 is 8.25 Å². The molecule has 0 aliphatic heterocycles. The smallest absolute Gasteiger partial charge is 0.311 e. The summed E-state index contributed by atoms with van der Waals surface area (Å²) in [5.74, 6) is 0. The van der Waals surface area contributed by atoms with Gasteiger partial charge in [-0.15, -0.1) is 0 Å². The first-order valence-corrected chi connectivity index (χ1v) is 11.1. The Bertz CT molecular complexity index is 764. The lowest BCUT2D eigenvalue weighted by Crippen LogP contribution is -2.03. The number of hydrogen-bond donors (Lipinski definition) is 0. The molecule has 0 spiro atoms. The summed E-state index contributed by atoms with van der Waals surface area (Å²) in [5, 5.41) is 2.37. The Morgan fingerprint density at radius 2 is 1.69 bits per heavy atom. The minimum absolute atomic E-state index is 0.297. The lowest BCUT2D eigenvalue weighted by molar-refractivity contribution is 0.192. The van der Waals surface area contributed by atoms with Crippen LogP contribution >= 0.6 is 8.25 Å². The van der Waals surface area contributed by atoms with Crippen LogP contribution < -0.4 is 0 Å². The molecule has 140 valence electrons. The van der Waals surface area contributed by atoms with Crippen molar-refractivity contribution in [2.75, 3.05) is 6.61 Å². The lowest BCUT2D eigenvalue weighted by atomic mass is 9.92. The molecule has 0 radical (unpaired) electrons. The van der Waals surface area contributed by atoms with Gasteiger partial charge in [-0.1, -0.05) is 94.0 Å². The van der Waals surface area contributed by atoms with Crippen molar-refractivity contribution in [2.45, 2.75) is 58.0 Å². The molecule has 0 bridgehead atoms. The second-order valence-electron chi connectivity index (χ2n) is 6.91. The molecule has 2 aromatic carbocycles. The standard InChI is InChI=1S/C22H29O3P/c1-2-3-4-5-6-7-8-17-24-26(23)25-21-16-15-19-12-9-11-18-13-10-14-20(21)22(18)19/h9-16,21,26H,2-8,17H2,1H3. The van der Waals surface area contributed by atoms with E-state index in [0.717, 1.165) is 18.4 Å². The number of unbranched alkanes of at least 4 members (excludes halogenated alkanes) is 6. The van der Waals surface area contributed by atoms with Crippen LogP contribution in [0.1, 0.15) is 69.1 Å². The first kappa shape index (κ1) is 19.4. The van der Waals surface area contributed by atoms with E-state index in [4.69, 9.17) is 9.05 Å². The maximum Gasteiger partial charge on any atom is 0.320 e. The third-order valence-electron chi connectivity index (χ3n) is 4.92. The van der Waals surface area contributed by atoms with E-state index in [-0.39, 0.29) is 6.10 Å². The summed E-state index contributed by atoms with van der Waals surface area (Å²) in [7, 11) is -2.49. The molecule has 4 heteroatoms. The predicted octanol–water partition coefficient (Wildman–Crippen LogP) is 7.08. The zero-order valence-electron chi connectivity index (χ0n) is 15.6. The maximum atomic E-state index is 12.2. The molecule has 0 aromatic heterocycles. The summed E-state index contributed by atoms with van der Waals surface area (Å²) in [6.07, 6.45) is 12.2. The van der Waals surface area contributed by atoms with Gasteiger partial charge in [-0.05, 0) is 28.3 Å². The van der Waals surface area contributed by atoms with Crippen LogP contribution in [0.25, 0.3) is 16.8 Å². The Morgan fingerprint density at radius 3 is 2.50 bits per heavy atom. The monoisotopic (exact) mass is 372 g/mol. The van der Waals surface area contributed by atoms with Crippen LogP contribution in [0, 0.1) is 0 Å². The van der Waals surface area contributed by atoms with Gasteiger partial charge in [0, 0.05) is 0 Å². The Hall–Kier alpha value is -1.41. The van der Waals surface area contributed by atoms with E-state index in [9.17, 15) is 4.57 Å². The molecular weight excluding hydrogens is 343 g/mol. The van der Waals surface area contributed by atoms with Gasteiger partial charge in [-0.2, -0.15) is 0 Å². The molecule has 0 saturated carbocycles. The number of rotatable bonds is 11. The molecule has 2 unspecified atom stereocenters. The zero-order valence-corrected chi connectivity index (χ0v) is 16.6. The molecule has 1 aliphatic rings. The third-order valence-corrected chi connectivity index (χ3v) is 5.80. The Labute approximate surface area is 157 Å². The summed E-state index contributed by atoms with van der Waals surface area (Å²) < 4.78 is 23.4. The zero-order chi connectivity index (χ0) is 18.2. The molecule has 0 fully saturated rings. The second kappa shape index (κ2) is 10.1. The van der Waals surface area contributed by atoms with E-state index in [1.165, 1.54) is 48.4 Å². The molecule has 0 saturated heterocycles. The highest BCUT2D eigenvalue weighted by Crippen LogP contribution is 2.40. The van der Waals surface area contributed by atoms with Crippen LogP contribution in [-0.4, -0.2) is 6.61 Å². The highest BCUT2D eigenvalue weighted by molar-refractivity contribution is 7.33. The molecule has 0 heterocycles. The summed E-state index contributed by atoms with van der Waals surface area (Å²) in [6, 6.07) is 12.4. The molecule has 3 nitrogen and oxygen atoms in total. The molecule has 1 aliphatic carbocycles. The van der Waals surface area contributed by atoms with E-state index in [2.05, 4.69) is 31.2 Å². The first-order chi connectivity index (χ1) is 12.8. The van der Waals surface area contributed by atoms with Gasteiger partial charge in [-0.3, -0.25) is 9.09 Å². The van der Waals surface area contributed by atoms with Crippen molar-refractivity contribution < 1.29 is 13.6 Å². The van der Waals surface area contributed by atoms with E-state index in [1.807, 2.05) is 24.3 Å². The fourth-order valence-electron chi connectivity index (χ4n) is 3.53. The van der Waals surface area contributed by atoms with E-state index in [1.54, 1.807) is 0 Å². The van der Waals surface area contributed by atoms with Crippen LogP contribution in [-0.2, 0) is 13.6 Å². The largest absolute Gasteiger partial charge is 0.320 e. The molecule has 2 aromatic rings. The van der Waals surface area contributed by atoms with Crippen molar-refractivity contribution in [3.63, 3.8) is 0 Å². The van der Waals surface area contributed by atoms with E-state index < -0.39 is 8.25 Å². The Kier molecular flexibility index (Phi) is 7.49. The lowest BCUT2D eigenvalue weighted by Gasteiger charge is -2.21. The van der Waals surface area contributed by atoms with Crippen LogP contribution in [0.3, 0.4) is 0 Å². The second-order valence-corrected chi connectivity index (χ2v) is 7.93. The molecule has 3 rings (SSSR count). The summed E-state index contributed by atoms with van der Waals surface area (Å²) >= 11 is 0. The number of hydrogen-bond acceptors (Lipinski definition) is 3. The highest BCUT2D eigenvalue weighted by Gasteiger charge is 2.20. The number of benzene rings is 2. The Morgan fingerprint density at radius 1 is 0.962 bits per heavy atom. The normalized spacial score (nSPS) is 16.9. The van der Waals surface area contributed by atoms with Crippen LogP contribution in [0.2, 0.25) is 0 Å². The van der Waals surface area contributed by atoms with Gasteiger partial charge in [0.15, 0.2) is 0 Å². The summed E-state index contributed by atoms with van der Waals surface area (Å²) in [6.45, 7) is 2.75. The fourth-order valence-corrected chi connectivity index (χ4v) is 4.32. The summed E-state index contributed by atoms with van der Waals surface area (Å²) in [4.78, 5) is 0. The van der Waals surface area contributed by atoms with Crippen molar-refractivity contribution in [2.24, 2.45) is 0 Å². The van der Waals surface area contributed by atoms with E-state index >= 15 is 0 Å². The average molecular weight is 372 g/mol. The van der Waals surface area contributed by atoms with Crippen LogP contribution in [0.15, 0.2) is 42.5 Å². The quantitative estimate of drug-likeness (QED) is 0.312. The van der Waals surface area contributed by atoms with Crippen LogP contribution in [0.4, 0.5) is 0 Å². The van der Waals surface area contributed by atoms with Gasteiger partial charge in [-0.25, -0.2) is 0 Å². The Balaban J connectivity index is 1.46. The van der Waals surface area contributed by atoms with Gasteiger partial charge in [0.25, 0.3) is 0 Å². The summed E-state index contributed by atoms with van der Waals surface area (Å²) in [5.41, 5.74) is 2.25. The van der Waals surface area contributed by atoms with Gasteiger partial charge < -0.3 is 4.52 Å². The van der Waals surface area contributed by atoms with Gasteiger partial charge in [0.2, 0.25) is 0 Å². The SMILES string of the molecule is CCCCCCCCCO[PH](=O)OC1C=Cc2cccc3cccc1c23.